The minimum absolute atomic E-state index is 0.236. The maximum Gasteiger partial charge on any atom is 0.123 e. The van der Waals surface area contributed by atoms with Crippen molar-refractivity contribution in [2.24, 2.45) is 0 Å². The van der Waals surface area contributed by atoms with Crippen molar-refractivity contribution in [3.8, 4) is 5.75 Å². The first-order valence-corrected chi connectivity index (χ1v) is 8.05. The zero-order valence-corrected chi connectivity index (χ0v) is 12.7. The number of alkyl halides is 1. The first kappa shape index (κ1) is 14.4. The van der Waals surface area contributed by atoms with Crippen molar-refractivity contribution in [1.29, 1.82) is 0 Å². The Balaban J connectivity index is 1.83. The van der Waals surface area contributed by atoms with Crippen LogP contribution in [0.15, 0.2) is 53.4 Å². The van der Waals surface area contributed by atoms with Crippen LogP contribution in [0.3, 0.4) is 0 Å². The average Bonchev–Trinajstić information content (AvgIpc) is 2.46. The highest BCUT2D eigenvalue weighted by molar-refractivity contribution is 9.08. The van der Waals surface area contributed by atoms with Crippen molar-refractivity contribution in [3.63, 3.8) is 0 Å². The molecule has 0 atom stereocenters. The molecule has 0 saturated carbocycles. The molecule has 2 aromatic rings. The second-order valence-electron chi connectivity index (χ2n) is 3.90. The van der Waals surface area contributed by atoms with Crippen molar-refractivity contribution in [1.82, 2.24) is 0 Å². The molecule has 100 valence electrons. The zero-order valence-electron chi connectivity index (χ0n) is 10.3. The maximum absolute atomic E-state index is 13.1. The van der Waals surface area contributed by atoms with Gasteiger partial charge >= 0.3 is 0 Å². The Hall–Kier alpha value is -1.00. The minimum Gasteiger partial charge on any atom is -0.492 e. The summed E-state index contributed by atoms with van der Waals surface area (Å²) in [6.45, 7) is 0.602. The number of hydrogen-bond donors (Lipinski definition) is 0. The Labute approximate surface area is 125 Å². The molecule has 0 aliphatic rings. The Morgan fingerprint density at radius 1 is 1.11 bits per heavy atom. The topological polar surface area (TPSA) is 9.23 Å². The lowest BCUT2D eigenvalue weighted by atomic mass is 10.2. The summed E-state index contributed by atoms with van der Waals surface area (Å²) >= 11 is 5.08. The number of hydrogen-bond acceptors (Lipinski definition) is 2. The van der Waals surface area contributed by atoms with Gasteiger partial charge < -0.3 is 4.74 Å². The molecule has 19 heavy (non-hydrogen) atoms. The van der Waals surface area contributed by atoms with Gasteiger partial charge in [0.2, 0.25) is 0 Å². The standard InChI is InChI=1S/C15H14BrFOS/c16-11-12-10-13(17)6-7-15(12)18-8-9-19-14-4-2-1-3-5-14/h1-7,10H,8-9,11H2. The van der Waals surface area contributed by atoms with E-state index in [4.69, 9.17) is 4.74 Å². The van der Waals surface area contributed by atoms with Gasteiger partial charge in [-0.15, -0.1) is 11.8 Å². The second-order valence-corrected chi connectivity index (χ2v) is 5.62. The normalized spacial score (nSPS) is 10.4. The van der Waals surface area contributed by atoms with Gasteiger partial charge in [0.1, 0.15) is 11.6 Å². The highest BCUT2D eigenvalue weighted by atomic mass is 79.9. The predicted molar refractivity (Wildman–Crippen MR) is 81.7 cm³/mol. The fourth-order valence-electron chi connectivity index (χ4n) is 1.62. The molecule has 0 N–H and O–H groups in total. The van der Waals surface area contributed by atoms with Crippen molar-refractivity contribution in [3.05, 3.63) is 59.9 Å². The van der Waals surface area contributed by atoms with Crippen LogP contribution >= 0.6 is 27.7 Å². The fraction of sp³-hybridized carbons (Fsp3) is 0.200. The highest BCUT2D eigenvalue weighted by Gasteiger charge is 2.04. The third-order valence-corrected chi connectivity index (χ3v) is 4.10. The average molecular weight is 341 g/mol. The molecule has 0 aliphatic heterocycles. The lowest BCUT2D eigenvalue weighted by molar-refractivity contribution is 0.340. The molecular weight excluding hydrogens is 327 g/mol. The van der Waals surface area contributed by atoms with Gasteiger partial charge in [-0.1, -0.05) is 34.1 Å². The van der Waals surface area contributed by atoms with Gasteiger partial charge in [-0.2, -0.15) is 0 Å². The van der Waals surface area contributed by atoms with Crippen LogP contribution in [0.5, 0.6) is 5.75 Å². The summed E-state index contributed by atoms with van der Waals surface area (Å²) in [5.41, 5.74) is 0.838. The van der Waals surface area contributed by atoms with E-state index < -0.39 is 0 Å². The van der Waals surface area contributed by atoms with Crippen LogP contribution in [0.2, 0.25) is 0 Å². The molecule has 1 nitrogen and oxygen atoms in total. The Morgan fingerprint density at radius 3 is 2.63 bits per heavy atom. The summed E-state index contributed by atoms with van der Waals surface area (Å²) in [6, 6.07) is 14.8. The van der Waals surface area contributed by atoms with Gasteiger partial charge in [0, 0.05) is 21.5 Å². The van der Waals surface area contributed by atoms with Crippen LogP contribution in [-0.2, 0) is 5.33 Å². The molecule has 0 spiro atoms. The number of thioether (sulfide) groups is 1. The Kier molecular flexibility index (Phi) is 5.73. The summed E-state index contributed by atoms with van der Waals surface area (Å²) in [5, 5.41) is 0.589. The van der Waals surface area contributed by atoms with Crippen molar-refractivity contribution >= 4 is 27.7 Å². The molecule has 0 unspecified atom stereocenters. The quantitative estimate of drug-likeness (QED) is 0.420. The molecular formula is C15H14BrFOS. The highest BCUT2D eigenvalue weighted by Crippen LogP contribution is 2.23. The van der Waals surface area contributed by atoms with Gasteiger partial charge in [-0.05, 0) is 30.3 Å². The summed E-state index contributed by atoms with van der Waals surface area (Å²) in [5.74, 6) is 1.37. The van der Waals surface area contributed by atoms with E-state index in [1.165, 1.54) is 17.0 Å². The molecule has 0 amide bonds. The first-order valence-electron chi connectivity index (χ1n) is 5.94. The van der Waals surface area contributed by atoms with E-state index >= 15 is 0 Å². The molecule has 2 aromatic carbocycles. The van der Waals surface area contributed by atoms with E-state index in [-0.39, 0.29) is 5.82 Å². The van der Waals surface area contributed by atoms with Gasteiger partial charge in [-0.3, -0.25) is 0 Å². The van der Waals surface area contributed by atoms with Crippen molar-refractivity contribution in [2.45, 2.75) is 10.2 Å². The van der Waals surface area contributed by atoms with Crippen LogP contribution in [0.4, 0.5) is 4.39 Å². The van der Waals surface area contributed by atoms with Gasteiger partial charge in [0.25, 0.3) is 0 Å². The maximum atomic E-state index is 13.1. The third kappa shape index (κ3) is 4.55. The van der Waals surface area contributed by atoms with Crippen LogP contribution < -0.4 is 4.74 Å². The van der Waals surface area contributed by atoms with Crippen LogP contribution in [-0.4, -0.2) is 12.4 Å². The van der Waals surface area contributed by atoms with Gasteiger partial charge in [0.15, 0.2) is 0 Å². The summed E-state index contributed by atoms with van der Waals surface area (Å²) in [4.78, 5) is 1.23. The first-order chi connectivity index (χ1) is 9.29. The summed E-state index contributed by atoms with van der Waals surface area (Å²) in [6.07, 6.45) is 0. The molecule has 0 bridgehead atoms. The number of rotatable bonds is 6. The van der Waals surface area contributed by atoms with E-state index in [2.05, 4.69) is 28.1 Å². The molecule has 0 radical (unpaired) electrons. The fourth-order valence-corrected chi connectivity index (χ4v) is 2.81. The summed E-state index contributed by atoms with van der Waals surface area (Å²) < 4.78 is 18.8. The number of ether oxygens (including phenoxy) is 1. The van der Waals surface area contributed by atoms with E-state index in [0.717, 1.165) is 17.1 Å². The van der Waals surface area contributed by atoms with Crippen LogP contribution in [0.1, 0.15) is 5.56 Å². The second kappa shape index (κ2) is 7.56. The lowest BCUT2D eigenvalue weighted by Crippen LogP contribution is -2.02. The molecule has 0 aromatic heterocycles. The number of halogens is 2. The van der Waals surface area contributed by atoms with Crippen LogP contribution in [0.25, 0.3) is 0 Å². The van der Waals surface area contributed by atoms with Crippen molar-refractivity contribution < 1.29 is 9.13 Å². The monoisotopic (exact) mass is 340 g/mol. The molecule has 4 heteroatoms. The summed E-state index contributed by atoms with van der Waals surface area (Å²) in [7, 11) is 0. The molecule has 0 aliphatic carbocycles. The van der Waals surface area contributed by atoms with Gasteiger partial charge in [0.05, 0.1) is 6.61 Å². The SMILES string of the molecule is Fc1ccc(OCCSc2ccccc2)c(CBr)c1. The smallest absolute Gasteiger partial charge is 0.123 e. The molecule has 0 fully saturated rings. The molecule has 0 saturated heterocycles. The molecule has 0 heterocycles. The Bertz CT molecular complexity index is 519. The minimum atomic E-state index is -0.236. The lowest BCUT2D eigenvalue weighted by Gasteiger charge is -2.10. The van der Waals surface area contributed by atoms with E-state index in [9.17, 15) is 4.39 Å². The third-order valence-electron chi connectivity index (χ3n) is 2.52. The van der Waals surface area contributed by atoms with E-state index in [0.29, 0.717) is 11.9 Å². The van der Waals surface area contributed by atoms with Gasteiger partial charge in [-0.25, -0.2) is 4.39 Å². The Morgan fingerprint density at radius 2 is 1.89 bits per heavy atom. The number of benzene rings is 2. The van der Waals surface area contributed by atoms with Crippen molar-refractivity contribution in [2.75, 3.05) is 12.4 Å². The van der Waals surface area contributed by atoms with Crippen LogP contribution in [0, 0.1) is 5.82 Å². The zero-order chi connectivity index (χ0) is 13.5. The van der Waals surface area contributed by atoms with E-state index in [1.54, 1.807) is 17.8 Å². The predicted octanol–water partition coefficient (Wildman–Crippen LogP) is 4.89. The van der Waals surface area contributed by atoms with E-state index in [1.807, 2.05) is 18.2 Å². The largest absolute Gasteiger partial charge is 0.492 e. The molecule has 2 rings (SSSR count).